The molecule has 5 nitrogen and oxygen atoms in total. The predicted octanol–water partition coefficient (Wildman–Crippen LogP) is 3.79. The summed E-state index contributed by atoms with van der Waals surface area (Å²) in [5.74, 6) is -0.196. The highest BCUT2D eigenvalue weighted by atomic mass is 16.5. The average molecular weight is 330 g/mol. The molecule has 0 atom stereocenters. The number of unbranched alkanes of at least 4 members (excludes halogenated alkanes) is 5. The van der Waals surface area contributed by atoms with Gasteiger partial charge in [-0.15, -0.1) is 6.58 Å². The van der Waals surface area contributed by atoms with E-state index in [1.807, 2.05) is 19.9 Å². The summed E-state index contributed by atoms with van der Waals surface area (Å²) in [7, 11) is 0. The number of aliphatic hydroxyl groups is 1. The van der Waals surface area contributed by atoms with E-state index in [1.54, 1.807) is 0 Å². The fourth-order valence-electron chi connectivity index (χ4n) is 1.76. The van der Waals surface area contributed by atoms with Crippen LogP contribution in [-0.2, 0) is 19.1 Å². The second-order valence-electron chi connectivity index (χ2n) is 5.03. The van der Waals surface area contributed by atoms with Gasteiger partial charge < -0.3 is 14.6 Å². The number of ether oxygens (including phenoxy) is 2. The minimum Gasteiger partial charge on any atom is -0.466 e. The molecule has 0 radical (unpaired) electrons. The second kappa shape index (κ2) is 20.6. The lowest BCUT2D eigenvalue weighted by molar-refractivity contribution is -0.144. The zero-order valence-corrected chi connectivity index (χ0v) is 14.8. The Morgan fingerprint density at radius 3 is 1.78 bits per heavy atom. The lowest BCUT2D eigenvalue weighted by Gasteiger charge is -2.00. The second-order valence-corrected chi connectivity index (χ2v) is 5.03. The van der Waals surface area contributed by atoms with Gasteiger partial charge in [-0.05, 0) is 46.0 Å². The maximum atomic E-state index is 10.8. The van der Waals surface area contributed by atoms with Gasteiger partial charge in [-0.2, -0.15) is 0 Å². The molecule has 0 fully saturated rings. The Hall–Kier alpha value is -1.36. The third-order valence-electron chi connectivity index (χ3n) is 2.94. The Kier molecular flexibility index (Phi) is 21.4. The van der Waals surface area contributed by atoms with Crippen molar-refractivity contribution in [3.05, 3.63) is 12.7 Å². The first kappa shape index (κ1) is 23.9. The standard InChI is InChI=1S/C9H18O3.C9H16O2/c1-2-12-9(11)7-5-3-4-6-8-10;1-3-5-6-7-8-9(10)11-4-2/h10H,2-8H2,1H3;3H,1,4-8H2,2H3. The molecule has 0 aliphatic carbocycles. The van der Waals surface area contributed by atoms with E-state index in [9.17, 15) is 9.59 Å². The number of aliphatic hydroxyl groups excluding tert-OH is 1. The van der Waals surface area contributed by atoms with Gasteiger partial charge in [0.1, 0.15) is 0 Å². The highest BCUT2D eigenvalue weighted by molar-refractivity contribution is 5.69. The maximum absolute atomic E-state index is 10.8. The number of carbonyl (C=O) groups is 2. The van der Waals surface area contributed by atoms with E-state index >= 15 is 0 Å². The molecular weight excluding hydrogens is 296 g/mol. The van der Waals surface area contributed by atoms with E-state index in [2.05, 4.69) is 6.58 Å². The number of hydrogen-bond acceptors (Lipinski definition) is 5. The fourth-order valence-corrected chi connectivity index (χ4v) is 1.76. The minimum absolute atomic E-state index is 0.0865. The molecule has 0 aliphatic rings. The molecule has 0 rings (SSSR count). The summed E-state index contributed by atoms with van der Waals surface area (Å²) in [5, 5.41) is 8.47. The summed E-state index contributed by atoms with van der Waals surface area (Å²) in [6, 6.07) is 0. The van der Waals surface area contributed by atoms with Crippen molar-refractivity contribution >= 4 is 11.9 Å². The Bertz CT molecular complexity index is 289. The van der Waals surface area contributed by atoms with Crippen LogP contribution in [0.3, 0.4) is 0 Å². The highest BCUT2D eigenvalue weighted by Crippen LogP contribution is 2.03. The van der Waals surface area contributed by atoms with Gasteiger partial charge in [-0.3, -0.25) is 9.59 Å². The molecule has 0 unspecified atom stereocenters. The molecule has 0 spiro atoms. The van der Waals surface area contributed by atoms with Crippen molar-refractivity contribution in [1.82, 2.24) is 0 Å². The summed E-state index contributed by atoms with van der Waals surface area (Å²) < 4.78 is 9.52. The molecule has 0 saturated heterocycles. The third kappa shape index (κ3) is 23.0. The number of hydrogen-bond donors (Lipinski definition) is 1. The number of rotatable bonds is 13. The van der Waals surface area contributed by atoms with E-state index in [-0.39, 0.29) is 18.5 Å². The predicted molar refractivity (Wildman–Crippen MR) is 92.1 cm³/mol. The summed E-state index contributed by atoms with van der Waals surface area (Å²) in [6.45, 7) is 8.43. The van der Waals surface area contributed by atoms with Gasteiger partial charge in [-0.1, -0.05) is 18.9 Å². The smallest absolute Gasteiger partial charge is 0.305 e. The summed E-state index contributed by atoms with van der Waals surface area (Å²) in [5.41, 5.74) is 0. The summed E-state index contributed by atoms with van der Waals surface area (Å²) in [4.78, 5) is 21.6. The van der Waals surface area contributed by atoms with Gasteiger partial charge in [0.05, 0.1) is 13.2 Å². The average Bonchev–Trinajstić information content (AvgIpc) is 2.53. The monoisotopic (exact) mass is 330 g/mol. The minimum atomic E-state index is -0.110. The van der Waals surface area contributed by atoms with Crippen LogP contribution in [-0.4, -0.2) is 36.9 Å². The lowest BCUT2D eigenvalue weighted by Crippen LogP contribution is -2.03. The van der Waals surface area contributed by atoms with Crippen LogP contribution in [0.2, 0.25) is 0 Å². The summed E-state index contributed by atoms with van der Waals surface area (Å²) >= 11 is 0. The van der Waals surface area contributed by atoms with E-state index in [4.69, 9.17) is 14.6 Å². The van der Waals surface area contributed by atoms with Crippen molar-refractivity contribution in [2.24, 2.45) is 0 Å². The molecule has 0 amide bonds. The molecule has 0 aromatic rings. The molecule has 0 aromatic heterocycles. The first-order chi connectivity index (χ1) is 11.1. The van der Waals surface area contributed by atoms with E-state index in [0.29, 0.717) is 26.1 Å². The zero-order chi connectivity index (χ0) is 17.8. The van der Waals surface area contributed by atoms with Crippen LogP contribution in [0, 0.1) is 0 Å². The fraction of sp³-hybridized carbons (Fsp3) is 0.778. The van der Waals surface area contributed by atoms with Gasteiger partial charge in [0.25, 0.3) is 0 Å². The summed E-state index contributed by atoms with van der Waals surface area (Å²) in [6.07, 6.45) is 9.55. The van der Waals surface area contributed by atoms with Crippen LogP contribution in [0.1, 0.15) is 71.6 Å². The van der Waals surface area contributed by atoms with Crippen molar-refractivity contribution in [3.63, 3.8) is 0 Å². The van der Waals surface area contributed by atoms with Crippen molar-refractivity contribution < 1.29 is 24.2 Å². The Balaban J connectivity index is 0. The molecule has 23 heavy (non-hydrogen) atoms. The van der Waals surface area contributed by atoms with E-state index in [0.717, 1.165) is 44.9 Å². The molecule has 5 heteroatoms. The molecule has 0 heterocycles. The molecule has 0 aliphatic heterocycles. The van der Waals surface area contributed by atoms with Crippen LogP contribution in [0.5, 0.6) is 0 Å². The van der Waals surface area contributed by atoms with Crippen LogP contribution in [0.4, 0.5) is 0 Å². The van der Waals surface area contributed by atoms with Gasteiger partial charge in [-0.25, -0.2) is 0 Å². The van der Waals surface area contributed by atoms with Crippen LogP contribution < -0.4 is 0 Å². The number of esters is 2. The van der Waals surface area contributed by atoms with E-state index < -0.39 is 0 Å². The van der Waals surface area contributed by atoms with Gasteiger partial charge in [0.2, 0.25) is 0 Å². The molecular formula is C18H34O5. The third-order valence-corrected chi connectivity index (χ3v) is 2.94. The van der Waals surface area contributed by atoms with Gasteiger partial charge >= 0.3 is 11.9 Å². The lowest BCUT2D eigenvalue weighted by atomic mass is 10.1. The molecule has 136 valence electrons. The number of carbonyl (C=O) groups excluding carboxylic acids is 2. The van der Waals surface area contributed by atoms with Crippen LogP contribution in [0.15, 0.2) is 12.7 Å². The van der Waals surface area contributed by atoms with E-state index in [1.165, 1.54) is 0 Å². The first-order valence-corrected chi connectivity index (χ1v) is 8.65. The topological polar surface area (TPSA) is 72.8 Å². The molecule has 0 bridgehead atoms. The van der Waals surface area contributed by atoms with Crippen molar-refractivity contribution in [2.75, 3.05) is 19.8 Å². The SMILES string of the molecule is C=CCCCCC(=O)OCC.CCOC(=O)CCCCCCO. The Morgan fingerprint density at radius 2 is 1.35 bits per heavy atom. The van der Waals surface area contributed by atoms with Crippen LogP contribution >= 0.6 is 0 Å². The zero-order valence-electron chi connectivity index (χ0n) is 14.8. The van der Waals surface area contributed by atoms with Crippen LogP contribution in [0.25, 0.3) is 0 Å². The van der Waals surface area contributed by atoms with Gasteiger partial charge in [0, 0.05) is 19.4 Å². The molecule has 1 N–H and O–H groups in total. The van der Waals surface area contributed by atoms with Gasteiger partial charge in [0.15, 0.2) is 0 Å². The normalized spacial score (nSPS) is 9.52. The number of allylic oxidation sites excluding steroid dienone is 1. The first-order valence-electron chi connectivity index (χ1n) is 8.65. The maximum Gasteiger partial charge on any atom is 0.305 e. The molecule has 0 saturated carbocycles. The van der Waals surface area contributed by atoms with Crippen molar-refractivity contribution in [2.45, 2.75) is 71.6 Å². The Morgan fingerprint density at radius 1 is 0.870 bits per heavy atom. The quantitative estimate of drug-likeness (QED) is 0.316. The Labute approximate surface area is 141 Å². The highest BCUT2D eigenvalue weighted by Gasteiger charge is 2.00. The molecule has 0 aromatic carbocycles. The van der Waals surface area contributed by atoms with Crippen molar-refractivity contribution in [3.8, 4) is 0 Å². The largest absolute Gasteiger partial charge is 0.466 e. The van der Waals surface area contributed by atoms with Crippen molar-refractivity contribution in [1.29, 1.82) is 0 Å².